The number of halogens is 1. The Bertz CT molecular complexity index is 1370. The van der Waals surface area contributed by atoms with Crippen LogP contribution in [-0.4, -0.2) is 26.3 Å². The van der Waals surface area contributed by atoms with Crippen molar-refractivity contribution in [3.8, 4) is 11.6 Å². The van der Waals surface area contributed by atoms with E-state index in [2.05, 4.69) is 10.1 Å². The molecule has 3 aromatic rings. The number of rotatable bonds is 3. The van der Waals surface area contributed by atoms with Gasteiger partial charge < -0.3 is 5.11 Å². The van der Waals surface area contributed by atoms with Gasteiger partial charge in [-0.05, 0) is 56.3 Å². The molecule has 156 valence electrons. The first-order valence-corrected chi connectivity index (χ1v) is 9.66. The van der Waals surface area contributed by atoms with Crippen LogP contribution in [0.5, 0.6) is 5.88 Å². The molecule has 0 saturated heterocycles. The van der Waals surface area contributed by atoms with Gasteiger partial charge in [0.1, 0.15) is 5.56 Å². The zero-order valence-corrected chi connectivity index (χ0v) is 17.3. The molecule has 4 rings (SSSR count). The molecule has 0 bridgehead atoms. The predicted molar refractivity (Wildman–Crippen MR) is 119 cm³/mol. The van der Waals surface area contributed by atoms with Crippen molar-refractivity contribution < 1.29 is 9.90 Å². The summed E-state index contributed by atoms with van der Waals surface area (Å²) in [5.74, 6) is -1.05. The van der Waals surface area contributed by atoms with E-state index in [0.29, 0.717) is 22.1 Å². The maximum atomic E-state index is 12.9. The fourth-order valence-corrected chi connectivity index (χ4v) is 3.31. The Morgan fingerprint density at radius 3 is 2.23 bits per heavy atom. The van der Waals surface area contributed by atoms with Crippen molar-refractivity contribution in [3.63, 3.8) is 0 Å². The third-order valence-electron chi connectivity index (χ3n) is 4.84. The van der Waals surface area contributed by atoms with E-state index < -0.39 is 23.0 Å². The summed E-state index contributed by atoms with van der Waals surface area (Å²) in [4.78, 5) is 39.9. The molecule has 2 heterocycles. The number of carbonyl (C=O) groups is 1. The molecule has 0 aliphatic carbocycles. The monoisotopic (exact) mass is 436 g/mol. The maximum absolute atomic E-state index is 12.9. The first kappa shape index (κ1) is 20.4. The third kappa shape index (κ3) is 3.69. The van der Waals surface area contributed by atoms with Gasteiger partial charge in [-0.2, -0.15) is 10.1 Å². The second-order valence-corrected chi connectivity index (χ2v) is 7.44. The van der Waals surface area contributed by atoms with E-state index in [9.17, 15) is 19.5 Å². The van der Waals surface area contributed by atoms with E-state index in [0.717, 1.165) is 10.1 Å². The number of H-pyrrole nitrogens is 1. The molecule has 0 radical (unpaired) electrons. The summed E-state index contributed by atoms with van der Waals surface area (Å²) in [6.07, 6.45) is 1.23. The molecule has 0 unspecified atom stereocenters. The van der Waals surface area contributed by atoms with Crippen LogP contribution >= 0.6 is 11.6 Å². The largest absolute Gasteiger partial charge is 0.494 e. The second-order valence-electron chi connectivity index (χ2n) is 7.00. The van der Waals surface area contributed by atoms with E-state index >= 15 is 0 Å². The molecule has 0 saturated carbocycles. The average molecular weight is 437 g/mol. The number of hydrogen-bond donors (Lipinski definition) is 2. The summed E-state index contributed by atoms with van der Waals surface area (Å²) in [5.41, 5.74) is 0.472. The van der Waals surface area contributed by atoms with Gasteiger partial charge in [0, 0.05) is 5.02 Å². The van der Waals surface area contributed by atoms with E-state index in [1.165, 1.54) is 11.1 Å². The highest BCUT2D eigenvalue weighted by Crippen LogP contribution is 2.27. The lowest BCUT2D eigenvalue weighted by molar-refractivity contribution is -0.114. The quantitative estimate of drug-likeness (QED) is 0.615. The maximum Gasteiger partial charge on any atom is 0.335 e. The van der Waals surface area contributed by atoms with E-state index in [-0.39, 0.29) is 11.1 Å². The van der Waals surface area contributed by atoms with Crippen LogP contribution in [0.4, 0.5) is 5.69 Å². The number of amides is 1. The normalized spacial score (nSPS) is 14.9. The molecule has 31 heavy (non-hydrogen) atoms. The first-order chi connectivity index (χ1) is 14.8. The molecule has 1 aliphatic heterocycles. The summed E-state index contributed by atoms with van der Waals surface area (Å²) >= 11 is 5.90. The van der Waals surface area contributed by atoms with Crippen LogP contribution in [0.3, 0.4) is 0 Å². The standard InChI is InChI=1S/C22H17ClN4O4/c1-12-3-7-15(8-4-12)26-20(29)18(19(28)24-22(26)31)11-17-13(2)25-27(21(17)30)16-9-5-14(23)6-10-16/h3-11,29H,1-2H3,(H,24,28,31)/b17-11-. The molecule has 1 aromatic heterocycles. The molecule has 8 nitrogen and oxygen atoms in total. The van der Waals surface area contributed by atoms with Crippen molar-refractivity contribution in [2.24, 2.45) is 5.10 Å². The number of aryl methyl sites for hydroxylation is 1. The molecular formula is C22H17ClN4O4. The minimum Gasteiger partial charge on any atom is -0.494 e. The van der Waals surface area contributed by atoms with Crippen molar-refractivity contribution >= 4 is 35.0 Å². The minimum absolute atomic E-state index is 0.116. The molecule has 9 heteroatoms. The van der Waals surface area contributed by atoms with Crippen LogP contribution in [0, 0.1) is 6.92 Å². The summed E-state index contributed by atoms with van der Waals surface area (Å²) < 4.78 is 0.968. The van der Waals surface area contributed by atoms with Gasteiger partial charge in [-0.1, -0.05) is 29.3 Å². The Morgan fingerprint density at radius 1 is 0.968 bits per heavy atom. The molecule has 2 N–H and O–H groups in total. The number of aromatic hydroxyl groups is 1. The molecule has 0 spiro atoms. The lowest BCUT2D eigenvalue weighted by Gasteiger charge is -2.12. The lowest BCUT2D eigenvalue weighted by atomic mass is 10.1. The Kier molecular flexibility index (Phi) is 5.08. The smallest absolute Gasteiger partial charge is 0.335 e. The molecule has 1 amide bonds. The number of aromatic nitrogens is 2. The van der Waals surface area contributed by atoms with E-state index in [1.54, 1.807) is 55.5 Å². The molecule has 0 fully saturated rings. The van der Waals surface area contributed by atoms with Gasteiger partial charge in [0.2, 0.25) is 5.88 Å². The van der Waals surface area contributed by atoms with Crippen LogP contribution in [0.1, 0.15) is 18.1 Å². The van der Waals surface area contributed by atoms with Gasteiger partial charge in [0.15, 0.2) is 0 Å². The van der Waals surface area contributed by atoms with E-state index in [1.807, 2.05) is 6.92 Å². The summed E-state index contributed by atoms with van der Waals surface area (Å²) in [6, 6.07) is 13.4. The van der Waals surface area contributed by atoms with Gasteiger partial charge in [-0.15, -0.1) is 0 Å². The highest BCUT2D eigenvalue weighted by Gasteiger charge is 2.29. The Hall–Kier alpha value is -3.91. The molecule has 2 aromatic carbocycles. The zero-order chi connectivity index (χ0) is 22.3. The second kappa shape index (κ2) is 7.73. The van der Waals surface area contributed by atoms with Crippen molar-refractivity contribution in [3.05, 3.63) is 91.1 Å². The number of anilines is 1. The summed E-state index contributed by atoms with van der Waals surface area (Å²) in [5, 5.41) is 16.7. The summed E-state index contributed by atoms with van der Waals surface area (Å²) in [6.45, 7) is 3.50. The fraction of sp³-hybridized carbons (Fsp3) is 0.0909. The Labute approximate surface area is 181 Å². The average Bonchev–Trinajstić information content (AvgIpc) is 3.01. The molecule has 0 atom stereocenters. The number of benzene rings is 2. The van der Waals surface area contributed by atoms with Gasteiger partial charge in [0.05, 0.1) is 22.7 Å². The van der Waals surface area contributed by atoms with Gasteiger partial charge in [-0.25, -0.2) is 9.36 Å². The third-order valence-corrected chi connectivity index (χ3v) is 5.09. The zero-order valence-electron chi connectivity index (χ0n) is 16.6. The minimum atomic E-state index is -0.816. The van der Waals surface area contributed by atoms with Gasteiger partial charge in [0.25, 0.3) is 11.5 Å². The van der Waals surface area contributed by atoms with Crippen molar-refractivity contribution in [2.75, 3.05) is 5.01 Å². The van der Waals surface area contributed by atoms with Crippen molar-refractivity contribution in [1.29, 1.82) is 0 Å². The highest BCUT2D eigenvalue weighted by atomic mass is 35.5. The number of hydrogen-bond acceptors (Lipinski definition) is 5. The lowest BCUT2D eigenvalue weighted by Crippen LogP contribution is -2.30. The number of aromatic amines is 1. The van der Waals surface area contributed by atoms with Crippen LogP contribution in [0.25, 0.3) is 11.8 Å². The highest BCUT2D eigenvalue weighted by molar-refractivity contribution is 6.32. The molecular weight excluding hydrogens is 420 g/mol. The van der Waals surface area contributed by atoms with Crippen LogP contribution in [-0.2, 0) is 4.79 Å². The number of carbonyl (C=O) groups excluding carboxylic acids is 1. The van der Waals surface area contributed by atoms with Gasteiger partial charge in [-0.3, -0.25) is 14.6 Å². The number of nitrogens with one attached hydrogen (secondary N) is 1. The fourth-order valence-electron chi connectivity index (χ4n) is 3.19. The Morgan fingerprint density at radius 2 is 1.58 bits per heavy atom. The van der Waals surface area contributed by atoms with Crippen molar-refractivity contribution in [1.82, 2.24) is 9.55 Å². The first-order valence-electron chi connectivity index (χ1n) is 9.29. The summed E-state index contributed by atoms with van der Waals surface area (Å²) in [7, 11) is 0. The van der Waals surface area contributed by atoms with Crippen LogP contribution in [0.15, 0.2) is 68.8 Å². The number of hydrazone groups is 1. The Balaban J connectivity index is 1.81. The van der Waals surface area contributed by atoms with Crippen LogP contribution in [0.2, 0.25) is 5.02 Å². The number of nitrogens with zero attached hydrogens (tertiary/aromatic N) is 3. The van der Waals surface area contributed by atoms with E-state index in [4.69, 9.17) is 11.6 Å². The van der Waals surface area contributed by atoms with Crippen LogP contribution < -0.4 is 16.3 Å². The topological polar surface area (TPSA) is 108 Å². The molecule has 1 aliphatic rings. The SMILES string of the molecule is CC1=NN(c2ccc(Cl)cc2)C(=O)/C1=C\c1c(O)n(-c2ccc(C)cc2)c(=O)[nH]c1=O. The van der Waals surface area contributed by atoms with Crippen molar-refractivity contribution in [2.45, 2.75) is 13.8 Å². The van der Waals surface area contributed by atoms with Gasteiger partial charge >= 0.3 is 5.69 Å². The predicted octanol–water partition coefficient (Wildman–Crippen LogP) is 3.00.